The number of aryl methyl sites for hydroxylation is 1. The van der Waals surface area contributed by atoms with E-state index in [0.29, 0.717) is 29.1 Å². The Hall–Kier alpha value is -1.46. The van der Waals surface area contributed by atoms with Crippen molar-refractivity contribution in [3.63, 3.8) is 0 Å². The van der Waals surface area contributed by atoms with E-state index >= 15 is 0 Å². The number of nitrogens with zero attached hydrogens (tertiary/aromatic N) is 1. The van der Waals surface area contributed by atoms with Gasteiger partial charge in [-0.05, 0) is 12.5 Å². The number of thioether (sulfide) groups is 2. The Morgan fingerprint density at radius 2 is 1.95 bits per heavy atom. The molecule has 0 atom stereocenters. The van der Waals surface area contributed by atoms with Gasteiger partial charge in [0.15, 0.2) is 0 Å². The van der Waals surface area contributed by atoms with Crippen LogP contribution in [0.4, 0.5) is 0 Å². The van der Waals surface area contributed by atoms with E-state index in [0.717, 1.165) is 9.93 Å². The molecule has 1 rings (SSSR count). The molecule has 1 heterocycles. The van der Waals surface area contributed by atoms with Crippen LogP contribution in [0, 0.1) is 0 Å². The molecule has 112 valence electrons. The molecule has 1 aromatic heterocycles. The summed E-state index contributed by atoms with van der Waals surface area (Å²) < 4.78 is 0.769. The number of pyridine rings is 1. The van der Waals surface area contributed by atoms with Crippen LogP contribution in [0.25, 0.3) is 5.57 Å². The molecular weight excluding hydrogens is 302 g/mol. The third-order valence-corrected chi connectivity index (χ3v) is 5.02. The van der Waals surface area contributed by atoms with Crippen LogP contribution in [0.2, 0.25) is 0 Å². The zero-order valence-corrected chi connectivity index (χ0v) is 13.7. The molecule has 0 saturated carbocycles. The number of carbonyl (C=O) groups is 1. The van der Waals surface area contributed by atoms with Gasteiger partial charge in [0.25, 0.3) is 0 Å². The fraction of sp³-hybridized carbons (Fsp3) is 0.250. The van der Waals surface area contributed by atoms with Crippen LogP contribution >= 0.6 is 23.5 Å². The summed E-state index contributed by atoms with van der Waals surface area (Å²) >= 11 is 2.96. The highest BCUT2D eigenvalue weighted by Gasteiger charge is 2.20. The molecule has 5 heteroatoms. The average Bonchev–Trinajstić information content (AvgIpc) is 2.49. The number of carboxylic acid groups (broad SMARTS) is 1. The maximum Gasteiger partial charge on any atom is 0.338 e. The second kappa shape index (κ2) is 9.47. The van der Waals surface area contributed by atoms with Crippen molar-refractivity contribution >= 4 is 35.1 Å². The van der Waals surface area contributed by atoms with Gasteiger partial charge in [-0.25, -0.2) is 4.79 Å². The normalized spacial score (nSPS) is 9.95. The van der Waals surface area contributed by atoms with E-state index in [1.807, 2.05) is 13.0 Å². The summed E-state index contributed by atoms with van der Waals surface area (Å²) in [6.45, 7) is 9.35. The highest BCUT2D eigenvalue weighted by Crippen LogP contribution is 2.37. The lowest BCUT2D eigenvalue weighted by Crippen LogP contribution is -2.06. The Bertz CT molecular complexity index is 539. The first kappa shape index (κ1) is 17.6. The second-order valence-corrected chi connectivity index (χ2v) is 6.34. The summed E-state index contributed by atoms with van der Waals surface area (Å²) in [6.07, 6.45) is 5.92. The monoisotopic (exact) mass is 321 g/mol. The molecule has 0 aliphatic heterocycles. The highest BCUT2D eigenvalue weighted by molar-refractivity contribution is 8.22. The van der Waals surface area contributed by atoms with Gasteiger partial charge in [0.1, 0.15) is 0 Å². The van der Waals surface area contributed by atoms with Crippen LogP contribution in [-0.4, -0.2) is 27.6 Å². The molecule has 1 aromatic rings. The van der Waals surface area contributed by atoms with Crippen LogP contribution in [0.15, 0.2) is 47.9 Å². The van der Waals surface area contributed by atoms with Gasteiger partial charge in [0, 0.05) is 29.0 Å². The first-order chi connectivity index (χ1) is 10.2. The van der Waals surface area contributed by atoms with Crippen LogP contribution < -0.4 is 0 Å². The molecular formula is C16H19NO2S2. The zero-order chi connectivity index (χ0) is 15.7. The first-order valence-electron chi connectivity index (χ1n) is 6.54. The summed E-state index contributed by atoms with van der Waals surface area (Å²) in [5.74, 6) is 0.400. The predicted molar refractivity (Wildman–Crippen MR) is 93.5 cm³/mol. The van der Waals surface area contributed by atoms with Crippen molar-refractivity contribution in [2.75, 3.05) is 11.5 Å². The molecule has 0 aromatic carbocycles. The Kier molecular flexibility index (Phi) is 7.93. The van der Waals surface area contributed by atoms with E-state index in [1.165, 1.54) is 23.5 Å². The van der Waals surface area contributed by atoms with E-state index < -0.39 is 5.97 Å². The van der Waals surface area contributed by atoms with Gasteiger partial charge in [0.2, 0.25) is 0 Å². The molecule has 0 aliphatic rings. The van der Waals surface area contributed by atoms with Gasteiger partial charge in [-0.3, -0.25) is 4.98 Å². The zero-order valence-electron chi connectivity index (χ0n) is 12.0. The van der Waals surface area contributed by atoms with Crippen LogP contribution in [-0.2, 0) is 11.2 Å². The van der Waals surface area contributed by atoms with Crippen LogP contribution in [0.5, 0.6) is 0 Å². The smallest absolute Gasteiger partial charge is 0.338 e. The van der Waals surface area contributed by atoms with Gasteiger partial charge >= 0.3 is 5.97 Å². The number of aromatic nitrogens is 1. The van der Waals surface area contributed by atoms with Crippen LogP contribution in [0.3, 0.4) is 0 Å². The minimum absolute atomic E-state index is 0.318. The molecule has 0 fully saturated rings. The molecule has 1 N–H and O–H groups in total. The lowest BCUT2D eigenvalue weighted by Gasteiger charge is -2.13. The quantitative estimate of drug-likeness (QED) is 0.545. The van der Waals surface area contributed by atoms with Crippen molar-refractivity contribution in [3.05, 3.63) is 59.1 Å². The van der Waals surface area contributed by atoms with Crippen molar-refractivity contribution in [1.82, 2.24) is 4.98 Å². The molecule has 0 saturated heterocycles. The predicted octanol–water partition coefficient (Wildman–Crippen LogP) is 4.24. The van der Waals surface area contributed by atoms with Crippen molar-refractivity contribution in [2.45, 2.75) is 13.3 Å². The number of aliphatic carboxylic acids is 1. The van der Waals surface area contributed by atoms with E-state index in [9.17, 15) is 9.90 Å². The van der Waals surface area contributed by atoms with E-state index in [1.54, 1.807) is 24.4 Å². The Balaban J connectivity index is 3.38. The Morgan fingerprint density at radius 1 is 1.33 bits per heavy atom. The molecule has 0 radical (unpaired) electrons. The Labute approximate surface area is 134 Å². The van der Waals surface area contributed by atoms with Gasteiger partial charge in [-0.15, -0.1) is 36.7 Å². The maximum atomic E-state index is 11.8. The molecule has 21 heavy (non-hydrogen) atoms. The fourth-order valence-electron chi connectivity index (χ4n) is 1.72. The molecule has 0 spiro atoms. The summed E-state index contributed by atoms with van der Waals surface area (Å²) in [7, 11) is 0. The first-order valence-corrected chi connectivity index (χ1v) is 8.52. The minimum Gasteiger partial charge on any atom is -0.478 e. The lowest BCUT2D eigenvalue weighted by atomic mass is 10.0. The lowest BCUT2D eigenvalue weighted by molar-refractivity contribution is -0.130. The number of rotatable bonds is 9. The molecule has 0 unspecified atom stereocenters. The Morgan fingerprint density at radius 3 is 2.43 bits per heavy atom. The largest absolute Gasteiger partial charge is 0.478 e. The van der Waals surface area contributed by atoms with Gasteiger partial charge in [-0.1, -0.05) is 25.1 Å². The summed E-state index contributed by atoms with van der Waals surface area (Å²) in [5, 5.41) is 9.65. The van der Waals surface area contributed by atoms with Gasteiger partial charge in [0.05, 0.1) is 9.81 Å². The van der Waals surface area contributed by atoms with E-state index in [2.05, 4.69) is 18.1 Å². The number of carboxylic acids is 1. The van der Waals surface area contributed by atoms with E-state index in [4.69, 9.17) is 0 Å². The molecule has 0 aliphatic carbocycles. The van der Waals surface area contributed by atoms with Crippen molar-refractivity contribution in [1.29, 1.82) is 0 Å². The third-order valence-electron chi connectivity index (χ3n) is 2.58. The highest BCUT2D eigenvalue weighted by atomic mass is 32.2. The number of hydrogen-bond acceptors (Lipinski definition) is 4. The minimum atomic E-state index is -0.930. The molecule has 0 bridgehead atoms. The SMILES string of the molecule is C=CCSC(SCC=C)=C(C(=O)O)c1cccnc1CC. The standard InChI is InChI=1S/C16H19NO2S2/c1-4-10-20-16(21-11-5-2)14(15(18)19)12-8-7-9-17-13(12)6-3/h4-5,7-9H,1-2,6,10-11H2,3H3,(H,18,19). The number of hydrogen-bond donors (Lipinski definition) is 1. The van der Waals surface area contributed by atoms with E-state index in [-0.39, 0.29) is 0 Å². The van der Waals surface area contributed by atoms with Gasteiger partial charge < -0.3 is 5.11 Å². The van der Waals surface area contributed by atoms with Crippen molar-refractivity contribution in [3.8, 4) is 0 Å². The summed E-state index contributed by atoms with van der Waals surface area (Å²) in [6, 6.07) is 3.59. The van der Waals surface area contributed by atoms with Gasteiger partial charge in [-0.2, -0.15) is 0 Å². The van der Waals surface area contributed by atoms with Crippen molar-refractivity contribution < 1.29 is 9.90 Å². The molecule has 0 amide bonds. The molecule has 3 nitrogen and oxygen atoms in total. The maximum absolute atomic E-state index is 11.8. The average molecular weight is 321 g/mol. The topological polar surface area (TPSA) is 50.2 Å². The fourth-order valence-corrected chi connectivity index (χ4v) is 3.68. The third kappa shape index (κ3) is 5.10. The van der Waals surface area contributed by atoms with Crippen LogP contribution in [0.1, 0.15) is 18.2 Å². The second-order valence-electron chi connectivity index (χ2n) is 4.02. The summed E-state index contributed by atoms with van der Waals surface area (Å²) in [4.78, 5) is 16.1. The summed E-state index contributed by atoms with van der Waals surface area (Å²) in [5.41, 5.74) is 1.81. The van der Waals surface area contributed by atoms with Crippen molar-refractivity contribution in [2.24, 2.45) is 0 Å².